The van der Waals surface area contributed by atoms with Crippen LogP contribution in [0, 0.1) is 11.7 Å². The third-order valence-corrected chi connectivity index (χ3v) is 4.01. The Balaban J connectivity index is 1.55. The van der Waals surface area contributed by atoms with E-state index >= 15 is 0 Å². The van der Waals surface area contributed by atoms with Gasteiger partial charge in [0.15, 0.2) is 0 Å². The normalized spacial score (nSPS) is 17.8. The third-order valence-electron chi connectivity index (χ3n) is 4.01. The molecule has 0 saturated carbocycles. The number of amides is 1. The Kier molecular flexibility index (Phi) is 4.80. The molecule has 6 heteroatoms. The molecule has 1 unspecified atom stereocenters. The van der Waals surface area contributed by atoms with Gasteiger partial charge in [-0.2, -0.15) is 0 Å². The van der Waals surface area contributed by atoms with Gasteiger partial charge in [-0.05, 0) is 36.6 Å². The Morgan fingerprint density at radius 3 is 2.74 bits per heavy atom. The molecule has 0 spiro atoms. The van der Waals surface area contributed by atoms with Crippen LogP contribution in [0.1, 0.15) is 18.4 Å². The lowest BCUT2D eigenvalue weighted by atomic mass is 9.97. The van der Waals surface area contributed by atoms with Gasteiger partial charge >= 0.3 is 0 Å². The van der Waals surface area contributed by atoms with Crippen molar-refractivity contribution < 1.29 is 9.18 Å². The third kappa shape index (κ3) is 4.03. The quantitative estimate of drug-likeness (QED) is 0.939. The summed E-state index contributed by atoms with van der Waals surface area (Å²) in [5.74, 6) is 0.345. The maximum absolute atomic E-state index is 12.9. The van der Waals surface area contributed by atoms with Crippen molar-refractivity contribution in [2.45, 2.75) is 19.4 Å². The summed E-state index contributed by atoms with van der Waals surface area (Å²) in [5, 5.41) is 2.93. The van der Waals surface area contributed by atoms with Crippen molar-refractivity contribution in [2.75, 3.05) is 18.0 Å². The highest BCUT2D eigenvalue weighted by Gasteiger charge is 2.26. The molecule has 1 atom stereocenters. The molecule has 0 radical (unpaired) electrons. The lowest BCUT2D eigenvalue weighted by molar-refractivity contribution is -0.125. The number of hydrogen-bond acceptors (Lipinski definition) is 4. The molecule has 1 aliphatic heterocycles. The van der Waals surface area contributed by atoms with E-state index in [0.717, 1.165) is 24.9 Å². The molecule has 1 saturated heterocycles. The maximum atomic E-state index is 12.9. The first kappa shape index (κ1) is 15.4. The molecule has 0 aliphatic carbocycles. The van der Waals surface area contributed by atoms with Gasteiger partial charge in [0, 0.05) is 32.0 Å². The minimum Gasteiger partial charge on any atom is -0.352 e. The molecular weight excluding hydrogens is 295 g/mol. The van der Waals surface area contributed by atoms with Crippen LogP contribution in [0.25, 0.3) is 0 Å². The standard InChI is InChI=1S/C17H19FN4O/c18-15-6-4-13(5-7-15)11-21-16(23)14-3-1-10-22(12-14)17-19-8-2-9-20-17/h2,4-9,14H,1,3,10-12H2,(H,21,23). The van der Waals surface area contributed by atoms with Crippen LogP contribution in [0.15, 0.2) is 42.7 Å². The summed E-state index contributed by atoms with van der Waals surface area (Å²) < 4.78 is 12.9. The molecule has 1 N–H and O–H groups in total. The number of nitrogens with one attached hydrogen (secondary N) is 1. The molecular formula is C17H19FN4O. The molecule has 1 aliphatic rings. The van der Waals surface area contributed by atoms with Crippen LogP contribution in [0.4, 0.5) is 10.3 Å². The van der Waals surface area contributed by atoms with E-state index in [-0.39, 0.29) is 17.6 Å². The van der Waals surface area contributed by atoms with E-state index in [9.17, 15) is 9.18 Å². The van der Waals surface area contributed by atoms with E-state index < -0.39 is 0 Å². The van der Waals surface area contributed by atoms with Crippen LogP contribution < -0.4 is 10.2 Å². The minimum absolute atomic E-state index is 0.0231. The van der Waals surface area contributed by atoms with Crippen molar-refractivity contribution >= 4 is 11.9 Å². The first-order valence-corrected chi connectivity index (χ1v) is 7.76. The number of halogens is 1. The largest absolute Gasteiger partial charge is 0.352 e. The summed E-state index contributed by atoms with van der Waals surface area (Å²) in [6.07, 6.45) is 5.21. The van der Waals surface area contributed by atoms with E-state index in [0.29, 0.717) is 19.0 Å². The predicted molar refractivity (Wildman–Crippen MR) is 85.2 cm³/mol. The SMILES string of the molecule is O=C(NCc1ccc(F)cc1)C1CCCN(c2ncccn2)C1. The zero-order chi connectivity index (χ0) is 16.1. The molecule has 2 heterocycles. The highest BCUT2D eigenvalue weighted by Crippen LogP contribution is 2.20. The van der Waals surface area contributed by atoms with Gasteiger partial charge in [0.2, 0.25) is 11.9 Å². The van der Waals surface area contributed by atoms with Crippen molar-refractivity contribution in [3.63, 3.8) is 0 Å². The average Bonchev–Trinajstić information content (AvgIpc) is 2.62. The summed E-state index contributed by atoms with van der Waals surface area (Å²) >= 11 is 0. The van der Waals surface area contributed by atoms with Gasteiger partial charge in [0.25, 0.3) is 0 Å². The minimum atomic E-state index is -0.272. The van der Waals surface area contributed by atoms with Crippen LogP contribution in [-0.2, 0) is 11.3 Å². The molecule has 2 aromatic rings. The van der Waals surface area contributed by atoms with Crippen LogP contribution in [0.2, 0.25) is 0 Å². The molecule has 23 heavy (non-hydrogen) atoms. The number of rotatable bonds is 4. The molecule has 1 aromatic carbocycles. The van der Waals surface area contributed by atoms with Gasteiger partial charge in [0.1, 0.15) is 5.82 Å². The number of benzene rings is 1. The average molecular weight is 314 g/mol. The van der Waals surface area contributed by atoms with Crippen molar-refractivity contribution in [2.24, 2.45) is 5.92 Å². The molecule has 3 rings (SSSR count). The number of piperidine rings is 1. The Morgan fingerprint density at radius 1 is 1.26 bits per heavy atom. The Labute approximate surface area is 134 Å². The van der Waals surface area contributed by atoms with Crippen molar-refractivity contribution in [3.8, 4) is 0 Å². The van der Waals surface area contributed by atoms with Crippen LogP contribution in [0.3, 0.4) is 0 Å². The van der Waals surface area contributed by atoms with E-state index in [1.165, 1.54) is 12.1 Å². The molecule has 1 fully saturated rings. The molecule has 0 bridgehead atoms. The first-order chi connectivity index (χ1) is 11.2. The fraction of sp³-hybridized carbons (Fsp3) is 0.353. The second-order valence-corrected chi connectivity index (χ2v) is 5.68. The Morgan fingerprint density at radius 2 is 2.00 bits per heavy atom. The van der Waals surface area contributed by atoms with Gasteiger partial charge < -0.3 is 10.2 Å². The van der Waals surface area contributed by atoms with Crippen molar-refractivity contribution in [3.05, 3.63) is 54.1 Å². The van der Waals surface area contributed by atoms with E-state index in [2.05, 4.69) is 15.3 Å². The van der Waals surface area contributed by atoms with Crippen LogP contribution in [-0.4, -0.2) is 29.0 Å². The summed E-state index contributed by atoms with van der Waals surface area (Å²) in [5.41, 5.74) is 0.888. The zero-order valence-corrected chi connectivity index (χ0v) is 12.8. The number of aromatic nitrogens is 2. The number of nitrogens with zero attached hydrogens (tertiary/aromatic N) is 3. The lowest BCUT2D eigenvalue weighted by Crippen LogP contribution is -2.43. The van der Waals surface area contributed by atoms with E-state index in [1.54, 1.807) is 30.6 Å². The number of hydrogen-bond donors (Lipinski definition) is 1. The molecule has 5 nitrogen and oxygen atoms in total. The fourth-order valence-electron chi connectivity index (χ4n) is 2.76. The Bertz CT molecular complexity index is 647. The number of carbonyl (C=O) groups is 1. The summed E-state index contributed by atoms with van der Waals surface area (Å²) in [6.45, 7) is 1.91. The maximum Gasteiger partial charge on any atom is 0.225 e. The molecule has 120 valence electrons. The van der Waals surface area contributed by atoms with Gasteiger partial charge in [-0.15, -0.1) is 0 Å². The molecule has 1 aromatic heterocycles. The van der Waals surface area contributed by atoms with Gasteiger partial charge in [0.05, 0.1) is 5.92 Å². The first-order valence-electron chi connectivity index (χ1n) is 7.76. The van der Waals surface area contributed by atoms with Gasteiger partial charge in [-0.1, -0.05) is 12.1 Å². The number of anilines is 1. The van der Waals surface area contributed by atoms with E-state index in [1.807, 2.05) is 4.90 Å². The second-order valence-electron chi connectivity index (χ2n) is 5.68. The highest BCUT2D eigenvalue weighted by atomic mass is 19.1. The zero-order valence-electron chi connectivity index (χ0n) is 12.8. The highest BCUT2D eigenvalue weighted by molar-refractivity contribution is 5.79. The second kappa shape index (κ2) is 7.17. The van der Waals surface area contributed by atoms with E-state index in [4.69, 9.17) is 0 Å². The molecule has 1 amide bonds. The summed E-state index contributed by atoms with van der Waals surface area (Å²) in [6, 6.07) is 7.94. The monoisotopic (exact) mass is 314 g/mol. The lowest BCUT2D eigenvalue weighted by Gasteiger charge is -2.31. The predicted octanol–water partition coefficient (Wildman–Crippen LogP) is 2.15. The van der Waals surface area contributed by atoms with Gasteiger partial charge in [-0.3, -0.25) is 4.79 Å². The summed E-state index contributed by atoms with van der Waals surface area (Å²) in [4.78, 5) is 22.9. The van der Waals surface area contributed by atoms with Crippen molar-refractivity contribution in [1.82, 2.24) is 15.3 Å². The van der Waals surface area contributed by atoms with Crippen LogP contribution in [0.5, 0.6) is 0 Å². The fourth-order valence-corrected chi connectivity index (χ4v) is 2.76. The van der Waals surface area contributed by atoms with Crippen molar-refractivity contribution in [1.29, 1.82) is 0 Å². The van der Waals surface area contributed by atoms with Gasteiger partial charge in [-0.25, -0.2) is 14.4 Å². The Hall–Kier alpha value is -2.50. The van der Waals surface area contributed by atoms with Crippen LogP contribution >= 0.6 is 0 Å². The smallest absolute Gasteiger partial charge is 0.225 e. The topological polar surface area (TPSA) is 58.1 Å². The summed E-state index contributed by atoms with van der Waals surface area (Å²) in [7, 11) is 0. The number of carbonyl (C=O) groups excluding carboxylic acids is 1.